The molecule has 1 nitrogen and oxygen atoms in total. The highest BCUT2D eigenvalue weighted by Gasteiger charge is 2.09. The average molecular weight is 277 g/mol. The van der Waals surface area contributed by atoms with Crippen LogP contribution >= 0.6 is 0 Å². The molecule has 1 N–H and O–H groups in total. The van der Waals surface area contributed by atoms with Crippen LogP contribution in [0.2, 0.25) is 0 Å². The highest BCUT2D eigenvalue weighted by molar-refractivity contribution is 5.26. The third-order valence-electron chi connectivity index (χ3n) is 4.56. The molecule has 0 saturated heterocycles. The zero-order chi connectivity index (χ0) is 14.6. The van der Waals surface area contributed by atoms with Crippen molar-refractivity contribution in [2.24, 2.45) is 0 Å². The van der Waals surface area contributed by atoms with E-state index < -0.39 is 0 Å². The Morgan fingerprint density at radius 1 is 0.850 bits per heavy atom. The fourth-order valence-electron chi connectivity index (χ4n) is 2.93. The number of rotatable bonds is 12. The van der Waals surface area contributed by atoms with Gasteiger partial charge in [-0.15, -0.1) is 0 Å². The first-order valence-corrected chi connectivity index (χ1v) is 8.95. The predicted molar refractivity (Wildman–Crippen MR) is 90.4 cm³/mol. The van der Waals surface area contributed by atoms with Crippen LogP contribution in [0.3, 0.4) is 0 Å². The zero-order valence-corrected chi connectivity index (χ0v) is 14.0. The summed E-state index contributed by atoms with van der Waals surface area (Å²) in [6, 6.07) is 0. The Labute approximate surface area is 126 Å². The molecule has 1 rings (SSSR count). The van der Waals surface area contributed by atoms with Gasteiger partial charge in [0.1, 0.15) is 0 Å². The van der Waals surface area contributed by atoms with Crippen molar-refractivity contribution in [1.82, 2.24) is 4.98 Å². The highest BCUT2D eigenvalue weighted by atomic mass is 14.6. The van der Waals surface area contributed by atoms with Gasteiger partial charge < -0.3 is 4.98 Å². The van der Waals surface area contributed by atoms with E-state index in [2.05, 4.69) is 38.1 Å². The van der Waals surface area contributed by atoms with Crippen molar-refractivity contribution in [2.75, 3.05) is 0 Å². The molecule has 1 unspecified atom stereocenters. The lowest BCUT2D eigenvalue weighted by Gasteiger charge is -2.10. The van der Waals surface area contributed by atoms with E-state index in [9.17, 15) is 0 Å². The van der Waals surface area contributed by atoms with Crippen molar-refractivity contribution in [2.45, 2.75) is 97.3 Å². The molecule has 0 aliphatic heterocycles. The number of aromatic amines is 1. The van der Waals surface area contributed by atoms with Gasteiger partial charge in [-0.3, -0.25) is 0 Å². The van der Waals surface area contributed by atoms with E-state index in [1.54, 1.807) is 11.1 Å². The number of hydrogen-bond donors (Lipinski definition) is 1. The van der Waals surface area contributed by atoms with Gasteiger partial charge in [0.25, 0.3) is 0 Å². The number of aromatic nitrogens is 1. The van der Waals surface area contributed by atoms with Crippen molar-refractivity contribution in [3.05, 3.63) is 23.5 Å². The summed E-state index contributed by atoms with van der Waals surface area (Å²) >= 11 is 0. The normalized spacial score (nSPS) is 12.8. The van der Waals surface area contributed by atoms with Crippen LogP contribution in [0.5, 0.6) is 0 Å². The molecular weight excluding hydrogens is 242 g/mol. The van der Waals surface area contributed by atoms with Crippen LogP contribution in [0.15, 0.2) is 12.4 Å². The Kier molecular flexibility index (Phi) is 9.53. The largest absolute Gasteiger partial charge is 0.367 e. The Balaban J connectivity index is 2.05. The summed E-state index contributed by atoms with van der Waals surface area (Å²) in [5.41, 5.74) is 3.11. The maximum absolute atomic E-state index is 3.29. The summed E-state index contributed by atoms with van der Waals surface area (Å²) in [6.07, 6.45) is 19.7. The highest BCUT2D eigenvalue weighted by Crippen LogP contribution is 2.24. The van der Waals surface area contributed by atoms with E-state index in [0.29, 0.717) is 5.92 Å². The zero-order valence-electron chi connectivity index (χ0n) is 14.0. The molecule has 1 aromatic heterocycles. The molecule has 1 heteroatoms. The van der Waals surface area contributed by atoms with Crippen LogP contribution in [-0.4, -0.2) is 4.98 Å². The number of H-pyrrole nitrogens is 1. The number of unbranched alkanes of at least 4 members (excludes halogenated alkanes) is 8. The fourth-order valence-corrected chi connectivity index (χ4v) is 2.93. The van der Waals surface area contributed by atoms with Crippen molar-refractivity contribution in [3.8, 4) is 0 Å². The minimum absolute atomic E-state index is 0.704. The van der Waals surface area contributed by atoms with Gasteiger partial charge in [0.2, 0.25) is 0 Å². The van der Waals surface area contributed by atoms with Crippen molar-refractivity contribution in [1.29, 1.82) is 0 Å². The second-order valence-electron chi connectivity index (χ2n) is 6.32. The molecule has 1 atom stereocenters. The van der Waals surface area contributed by atoms with Gasteiger partial charge >= 0.3 is 0 Å². The minimum atomic E-state index is 0.704. The van der Waals surface area contributed by atoms with Gasteiger partial charge in [-0.1, -0.05) is 72.1 Å². The average Bonchev–Trinajstić information content (AvgIpc) is 2.93. The minimum Gasteiger partial charge on any atom is -0.367 e. The first-order valence-electron chi connectivity index (χ1n) is 8.95. The molecule has 0 aliphatic rings. The van der Waals surface area contributed by atoms with Crippen molar-refractivity contribution >= 4 is 0 Å². The molecular formula is C19H35N. The third kappa shape index (κ3) is 6.63. The Bertz CT molecular complexity index is 326. The van der Waals surface area contributed by atoms with Crippen molar-refractivity contribution < 1.29 is 0 Å². The van der Waals surface area contributed by atoms with E-state index >= 15 is 0 Å². The van der Waals surface area contributed by atoms with E-state index in [1.165, 1.54) is 70.6 Å². The van der Waals surface area contributed by atoms with Crippen LogP contribution in [-0.2, 0) is 6.42 Å². The number of hydrogen-bond acceptors (Lipinski definition) is 0. The second kappa shape index (κ2) is 11.0. The molecule has 0 amide bonds. The van der Waals surface area contributed by atoms with Gasteiger partial charge in [0.05, 0.1) is 0 Å². The summed E-state index contributed by atoms with van der Waals surface area (Å²) in [4.78, 5) is 3.29. The molecule has 20 heavy (non-hydrogen) atoms. The number of nitrogens with one attached hydrogen (secondary N) is 1. The topological polar surface area (TPSA) is 15.8 Å². The van der Waals surface area contributed by atoms with Gasteiger partial charge in [0.15, 0.2) is 0 Å². The van der Waals surface area contributed by atoms with E-state index in [1.807, 2.05) is 0 Å². The van der Waals surface area contributed by atoms with Gasteiger partial charge in [-0.05, 0) is 36.3 Å². The number of aryl methyl sites for hydroxylation is 1. The molecule has 0 aliphatic carbocycles. The summed E-state index contributed by atoms with van der Waals surface area (Å²) in [5.74, 6) is 0.704. The lowest BCUT2D eigenvalue weighted by atomic mass is 9.95. The van der Waals surface area contributed by atoms with E-state index in [-0.39, 0.29) is 0 Å². The summed E-state index contributed by atoms with van der Waals surface area (Å²) in [6.45, 7) is 6.90. The maximum atomic E-state index is 3.29. The van der Waals surface area contributed by atoms with Crippen molar-refractivity contribution in [3.63, 3.8) is 0 Å². The molecule has 0 radical (unpaired) electrons. The van der Waals surface area contributed by atoms with Gasteiger partial charge in [0, 0.05) is 12.4 Å². The molecule has 0 fully saturated rings. The summed E-state index contributed by atoms with van der Waals surface area (Å²) < 4.78 is 0. The van der Waals surface area contributed by atoms with Crippen LogP contribution in [0.1, 0.15) is 102 Å². The standard InChI is InChI=1S/C19H35N/c1-4-6-7-8-9-10-11-12-13-14-18-15-20-16-19(18)17(3)5-2/h15-17,20H,4-14H2,1-3H3. The van der Waals surface area contributed by atoms with Crippen LogP contribution in [0.4, 0.5) is 0 Å². The maximum Gasteiger partial charge on any atom is 0.00429 e. The molecule has 1 heterocycles. The molecule has 0 spiro atoms. The van der Waals surface area contributed by atoms with Gasteiger partial charge in [-0.25, -0.2) is 0 Å². The quantitative estimate of drug-likeness (QED) is 0.414. The summed E-state index contributed by atoms with van der Waals surface area (Å²) in [7, 11) is 0. The lowest BCUT2D eigenvalue weighted by molar-refractivity contribution is 0.564. The Hall–Kier alpha value is -0.720. The fraction of sp³-hybridized carbons (Fsp3) is 0.789. The molecule has 0 bridgehead atoms. The van der Waals surface area contributed by atoms with E-state index in [4.69, 9.17) is 0 Å². The van der Waals surface area contributed by atoms with Crippen LogP contribution in [0.25, 0.3) is 0 Å². The van der Waals surface area contributed by atoms with Gasteiger partial charge in [-0.2, -0.15) is 0 Å². The van der Waals surface area contributed by atoms with Crippen LogP contribution in [0, 0.1) is 0 Å². The predicted octanol–water partition coefficient (Wildman–Crippen LogP) is 6.60. The monoisotopic (exact) mass is 277 g/mol. The molecule has 1 aromatic rings. The Morgan fingerprint density at radius 3 is 2.05 bits per heavy atom. The smallest absolute Gasteiger partial charge is 0.00429 e. The third-order valence-corrected chi connectivity index (χ3v) is 4.56. The lowest BCUT2D eigenvalue weighted by Crippen LogP contribution is -1.95. The van der Waals surface area contributed by atoms with Crippen LogP contribution < -0.4 is 0 Å². The molecule has 0 aromatic carbocycles. The SMILES string of the molecule is CCCCCCCCCCCc1c[nH]cc1C(C)CC. The first-order chi connectivity index (χ1) is 9.79. The second-order valence-corrected chi connectivity index (χ2v) is 6.32. The first kappa shape index (κ1) is 17.3. The summed E-state index contributed by atoms with van der Waals surface area (Å²) in [5, 5.41) is 0. The molecule has 0 saturated carbocycles. The molecule has 116 valence electrons. The Morgan fingerprint density at radius 2 is 1.45 bits per heavy atom. The van der Waals surface area contributed by atoms with E-state index in [0.717, 1.165) is 0 Å².